The molecule has 0 spiro atoms. The fraction of sp³-hybridized carbons (Fsp3) is 0.455. The van der Waals surface area contributed by atoms with Crippen LogP contribution < -0.4 is 5.73 Å². The molecule has 0 amide bonds. The molecule has 19 heavy (non-hydrogen) atoms. The van der Waals surface area contributed by atoms with Crippen LogP contribution in [0.4, 0.5) is 32.0 Å². The predicted molar refractivity (Wildman–Crippen MR) is 56.3 cm³/mol. The Labute approximate surface area is 104 Å². The molecule has 8 heteroatoms. The standard InChI is InChI=1S/C11H11F6NO/c1-5-3-4-7(6(2)8(5)18)9(19,10(12,13)14)11(15,16)17/h3-4,19H,18H2,1-2H3. The minimum Gasteiger partial charge on any atom is -0.398 e. The normalized spacial score (nSPS) is 13.7. The molecule has 0 bridgehead atoms. The topological polar surface area (TPSA) is 46.2 Å². The van der Waals surface area contributed by atoms with Crippen molar-refractivity contribution in [3.63, 3.8) is 0 Å². The first-order chi connectivity index (χ1) is 8.34. The molecule has 0 aliphatic heterocycles. The van der Waals surface area contributed by atoms with E-state index in [9.17, 15) is 31.4 Å². The molecule has 0 radical (unpaired) electrons. The highest BCUT2D eigenvalue weighted by Gasteiger charge is 2.71. The maximum absolute atomic E-state index is 12.7. The van der Waals surface area contributed by atoms with Gasteiger partial charge < -0.3 is 10.8 Å². The summed E-state index contributed by atoms with van der Waals surface area (Å²) in [5, 5.41) is 9.25. The average Bonchev–Trinajstić information content (AvgIpc) is 2.22. The molecule has 1 aromatic carbocycles. The molecule has 1 aromatic rings. The van der Waals surface area contributed by atoms with Crippen LogP contribution in [0.1, 0.15) is 16.7 Å². The molecule has 0 heterocycles. The number of alkyl halides is 6. The number of aryl methyl sites for hydroxylation is 1. The lowest BCUT2D eigenvalue weighted by atomic mass is 9.87. The van der Waals surface area contributed by atoms with E-state index in [1.54, 1.807) is 0 Å². The van der Waals surface area contributed by atoms with Gasteiger partial charge in [0, 0.05) is 11.3 Å². The molecular weight excluding hydrogens is 276 g/mol. The summed E-state index contributed by atoms with van der Waals surface area (Å²) in [6.07, 6.45) is -11.8. The zero-order chi connectivity index (χ0) is 15.2. The van der Waals surface area contributed by atoms with E-state index in [1.165, 1.54) is 6.92 Å². The number of rotatable bonds is 1. The van der Waals surface area contributed by atoms with E-state index in [-0.39, 0.29) is 5.69 Å². The lowest BCUT2D eigenvalue weighted by Gasteiger charge is -2.34. The number of benzene rings is 1. The van der Waals surface area contributed by atoms with Crippen LogP contribution in [-0.4, -0.2) is 17.5 Å². The van der Waals surface area contributed by atoms with Crippen molar-refractivity contribution in [2.75, 3.05) is 5.73 Å². The van der Waals surface area contributed by atoms with Crippen molar-refractivity contribution in [2.24, 2.45) is 0 Å². The van der Waals surface area contributed by atoms with Crippen LogP contribution in [0, 0.1) is 13.8 Å². The number of aliphatic hydroxyl groups is 1. The van der Waals surface area contributed by atoms with Crippen LogP contribution in [0.15, 0.2) is 12.1 Å². The third kappa shape index (κ3) is 2.24. The van der Waals surface area contributed by atoms with Crippen LogP contribution in [-0.2, 0) is 5.60 Å². The molecule has 0 aromatic heterocycles. The minimum atomic E-state index is -5.91. The summed E-state index contributed by atoms with van der Waals surface area (Å²) in [4.78, 5) is 0. The highest BCUT2D eigenvalue weighted by atomic mass is 19.4. The maximum Gasteiger partial charge on any atom is 0.430 e. The zero-order valence-electron chi connectivity index (χ0n) is 9.95. The molecule has 0 aliphatic carbocycles. The first-order valence-electron chi connectivity index (χ1n) is 5.06. The van der Waals surface area contributed by atoms with Crippen LogP contribution in [0.3, 0.4) is 0 Å². The van der Waals surface area contributed by atoms with Gasteiger partial charge in [-0.05, 0) is 25.0 Å². The Hall–Kier alpha value is -1.44. The highest BCUT2D eigenvalue weighted by Crippen LogP contribution is 2.51. The molecule has 108 valence electrons. The van der Waals surface area contributed by atoms with Gasteiger partial charge >= 0.3 is 12.4 Å². The number of nitrogen functional groups attached to an aromatic ring is 1. The van der Waals surface area contributed by atoms with E-state index < -0.39 is 29.1 Å². The maximum atomic E-state index is 12.7. The van der Waals surface area contributed by atoms with E-state index in [2.05, 4.69) is 0 Å². The smallest absolute Gasteiger partial charge is 0.398 e. The van der Waals surface area contributed by atoms with Crippen molar-refractivity contribution < 1.29 is 31.4 Å². The molecule has 0 fully saturated rings. The van der Waals surface area contributed by atoms with Crippen molar-refractivity contribution in [2.45, 2.75) is 31.8 Å². The summed E-state index contributed by atoms with van der Waals surface area (Å²) in [5.41, 5.74) is -1.17. The second-order valence-corrected chi connectivity index (χ2v) is 4.17. The largest absolute Gasteiger partial charge is 0.430 e. The number of halogens is 6. The molecular formula is C11H11F6NO. The lowest BCUT2D eigenvalue weighted by Crippen LogP contribution is -2.54. The third-order valence-corrected chi connectivity index (χ3v) is 2.94. The molecule has 2 nitrogen and oxygen atoms in total. The Morgan fingerprint density at radius 2 is 1.37 bits per heavy atom. The molecule has 1 rings (SSSR count). The summed E-state index contributed by atoms with van der Waals surface area (Å²) in [5.74, 6) is 0. The van der Waals surface area contributed by atoms with E-state index >= 15 is 0 Å². The predicted octanol–water partition coefficient (Wildman–Crippen LogP) is 3.20. The number of nitrogens with two attached hydrogens (primary N) is 1. The summed E-state index contributed by atoms with van der Waals surface area (Å²) in [6, 6.07) is 1.59. The molecule has 0 saturated carbocycles. The number of hydrogen-bond donors (Lipinski definition) is 2. The van der Waals surface area contributed by atoms with Gasteiger partial charge in [0.15, 0.2) is 0 Å². The average molecular weight is 287 g/mol. The Bertz CT molecular complexity index is 477. The van der Waals surface area contributed by atoms with E-state index in [4.69, 9.17) is 5.73 Å². The van der Waals surface area contributed by atoms with Gasteiger partial charge in [0.1, 0.15) is 0 Å². The van der Waals surface area contributed by atoms with Crippen molar-refractivity contribution in [3.8, 4) is 0 Å². The van der Waals surface area contributed by atoms with Gasteiger partial charge in [-0.1, -0.05) is 12.1 Å². The molecule has 0 saturated heterocycles. The van der Waals surface area contributed by atoms with Gasteiger partial charge in [-0.2, -0.15) is 26.3 Å². The Kier molecular flexibility index (Phi) is 3.53. The number of anilines is 1. The van der Waals surface area contributed by atoms with Crippen LogP contribution in [0.2, 0.25) is 0 Å². The quantitative estimate of drug-likeness (QED) is 0.615. The van der Waals surface area contributed by atoms with Gasteiger partial charge in [-0.15, -0.1) is 0 Å². The lowest BCUT2D eigenvalue weighted by molar-refractivity contribution is -0.376. The first-order valence-corrected chi connectivity index (χ1v) is 5.06. The minimum absolute atomic E-state index is 0.218. The fourth-order valence-corrected chi connectivity index (χ4v) is 1.72. The third-order valence-electron chi connectivity index (χ3n) is 2.94. The SMILES string of the molecule is Cc1ccc(C(O)(C(F)(F)F)C(F)(F)F)c(C)c1N. The fourth-order valence-electron chi connectivity index (χ4n) is 1.72. The Morgan fingerprint density at radius 3 is 1.74 bits per heavy atom. The van der Waals surface area contributed by atoms with Crippen LogP contribution >= 0.6 is 0 Å². The van der Waals surface area contributed by atoms with Crippen molar-refractivity contribution in [1.29, 1.82) is 0 Å². The summed E-state index contributed by atoms with van der Waals surface area (Å²) in [7, 11) is 0. The second kappa shape index (κ2) is 4.29. The van der Waals surface area contributed by atoms with Crippen molar-refractivity contribution in [3.05, 3.63) is 28.8 Å². The Morgan fingerprint density at radius 1 is 0.947 bits per heavy atom. The van der Waals surface area contributed by atoms with Crippen LogP contribution in [0.5, 0.6) is 0 Å². The van der Waals surface area contributed by atoms with Crippen LogP contribution in [0.25, 0.3) is 0 Å². The zero-order valence-corrected chi connectivity index (χ0v) is 9.95. The first kappa shape index (κ1) is 15.6. The summed E-state index contributed by atoms with van der Waals surface area (Å²) in [6.45, 7) is 2.44. The Balaban J connectivity index is 3.67. The molecule has 3 N–H and O–H groups in total. The van der Waals surface area contributed by atoms with Gasteiger partial charge in [0.2, 0.25) is 0 Å². The summed E-state index contributed by atoms with van der Waals surface area (Å²) < 4.78 is 76.1. The van der Waals surface area contributed by atoms with E-state index in [0.717, 1.165) is 13.0 Å². The van der Waals surface area contributed by atoms with Gasteiger partial charge in [0.25, 0.3) is 5.60 Å². The monoisotopic (exact) mass is 287 g/mol. The van der Waals surface area contributed by atoms with Gasteiger partial charge in [-0.3, -0.25) is 0 Å². The van der Waals surface area contributed by atoms with Crippen molar-refractivity contribution >= 4 is 5.69 Å². The summed E-state index contributed by atoms with van der Waals surface area (Å²) >= 11 is 0. The highest BCUT2D eigenvalue weighted by molar-refractivity contribution is 5.57. The molecule has 0 aliphatic rings. The van der Waals surface area contributed by atoms with Gasteiger partial charge in [-0.25, -0.2) is 0 Å². The van der Waals surface area contributed by atoms with Gasteiger partial charge in [0.05, 0.1) is 0 Å². The molecule has 0 unspecified atom stereocenters. The number of hydrogen-bond acceptors (Lipinski definition) is 2. The van der Waals surface area contributed by atoms with E-state index in [0.29, 0.717) is 11.6 Å². The molecule has 0 atom stereocenters. The van der Waals surface area contributed by atoms with E-state index in [1.807, 2.05) is 0 Å². The second-order valence-electron chi connectivity index (χ2n) is 4.17. The van der Waals surface area contributed by atoms with Crippen molar-refractivity contribution in [1.82, 2.24) is 0 Å².